The third kappa shape index (κ3) is 4.43. The molecule has 4 nitrogen and oxygen atoms in total. The minimum atomic E-state index is -0.259. The van der Waals surface area contributed by atoms with Gasteiger partial charge >= 0.3 is 0 Å². The number of hydrogen-bond acceptors (Lipinski definition) is 4. The summed E-state index contributed by atoms with van der Waals surface area (Å²) in [5, 5.41) is 16.4. The van der Waals surface area contributed by atoms with Crippen molar-refractivity contribution in [3.8, 4) is 6.07 Å². The number of hydrogen-bond donors (Lipinski definition) is 2. The molecule has 0 aliphatic heterocycles. The van der Waals surface area contributed by atoms with E-state index in [9.17, 15) is 10.1 Å². The van der Waals surface area contributed by atoms with Crippen LogP contribution in [0.25, 0.3) is 0 Å². The lowest BCUT2D eigenvalue weighted by Crippen LogP contribution is -2.34. The molecular formula is C22H25N3OS2. The van der Waals surface area contributed by atoms with Gasteiger partial charge in [-0.25, -0.2) is 0 Å². The molecule has 2 aromatic rings. The summed E-state index contributed by atoms with van der Waals surface area (Å²) in [7, 11) is 0. The molecule has 1 aliphatic carbocycles. The van der Waals surface area contributed by atoms with Crippen molar-refractivity contribution in [2.45, 2.75) is 47.0 Å². The maximum absolute atomic E-state index is 12.4. The van der Waals surface area contributed by atoms with Gasteiger partial charge in [-0.05, 0) is 67.4 Å². The Morgan fingerprint density at radius 1 is 1.29 bits per heavy atom. The van der Waals surface area contributed by atoms with Gasteiger partial charge in [0.1, 0.15) is 11.1 Å². The van der Waals surface area contributed by atoms with E-state index < -0.39 is 0 Å². The van der Waals surface area contributed by atoms with Crippen molar-refractivity contribution in [3.05, 3.63) is 51.4 Å². The van der Waals surface area contributed by atoms with Crippen LogP contribution in [0.3, 0.4) is 0 Å². The van der Waals surface area contributed by atoms with Crippen LogP contribution in [0.5, 0.6) is 0 Å². The van der Waals surface area contributed by atoms with Crippen LogP contribution >= 0.6 is 23.6 Å². The minimum absolute atomic E-state index is 0.216. The van der Waals surface area contributed by atoms with E-state index in [0.717, 1.165) is 35.4 Å². The molecule has 1 amide bonds. The van der Waals surface area contributed by atoms with Gasteiger partial charge in [0.2, 0.25) is 0 Å². The molecule has 1 heterocycles. The monoisotopic (exact) mass is 411 g/mol. The van der Waals surface area contributed by atoms with E-state index >= 15 is 0 Å². The lowest BCUT2D eigenvalue weighted by atomic mass is 9.72. The van der Waals surface area contributed by atoms with Crippen LogP contribution in [0.15, 0.2) is 24.3 Å². The highest BCUT2D eigenvalue weighted by atomic mass is 32.1. The number of thiocarbonyl (C=S) groups is 1. The quantitative estimate of drug-likeness (QED) is 0.666. The van der Waals surface area contributed by atoms with E-state index in [1.807, 2.05) is 19.1 Å². The third-order valence-corrected chi connectivity index (χ3v) is 6.74. The van der Waals surface area contributed by atoms with E-state index in [4.69, 9.17) is 12.2 Å². The molecular weight excluding hydrogens is 386 g/mol. The fourth-order valence-electron chi connectivity index (χ4n) is 3.55. The van der Waals surface area contributed by atoms with E-state index in [1.165, 1.54) is 4.88 Å². The Bertz CT molecular complexity index is 946. The van der Waals surface area contributed by atoms with E-state index in [2.05, 4.69) is 37.5 Å². The SMILES string of the molecule is Cc1ccc(C(=O)NC(=S)Nc2sc3c(c2C#N)CC[C@@H](C(C)(C)C)C3)cc1. The summed E-state index contributed by atoms with van der Waals surface area (Å²) < 4.78 is 0. The topological polar surface area (TPSA) is 64.9 Å². The Hall–Kier alpha value is -2.23. The van der Waals surface area contributed by atoms with Gasteiger partial charge in [0.05, 0.1) is 5.56 Å². The zero-order valence-electron chi connectivity index (χ0n) is 16.7. The van der Waals surface area contributed by atoms with Gasteiger partial charge in [-0.1, -0.05) is 38.5 Å². The summed E-state index contributed by atoms with van der Waals surface area (Å²) >= 11 is 6.91. The summed E-state index contributed by atoms with van der Waals surface area (Å²) in [6.45, 7) is 8.79. The van der Waals surface area contributed by atoms with Gasteiger partial charge in [-0.15, -0.1) is 11.3 Å². The highest BCUT2D eigenvalue weighted by Crippen LogP contribution is 2.43. The number of anilines is 1. The van der Waals surface area contributed by atoms with Crippen molar-refractivity contribution in [2.24, 2.45) is 11.3 Å². The lowest BCUT2D eigenvalue weighted by molar-refractivity contribution is 0.0977. The number of nitrogens with one attached hydrogen (secondary N) is 2. The second-order valence-corrected chi connectivity index (χ2v) is 9.91. The van der Waals surface area contributed by atoms with Crippen molar-refractivity contribution >= 4 is 39.6 Å². The second kappa shape index (κ2) is 8.02. The third-order valence-electron chi connectivity index (χ3n) is 5.37. The molecule has 0 spiro atoms. The van der Waals surface area contributed by atoms with Crippen LogP contribution in [-0.4, -0.2) is 11.0 Å². The normalized spacial score (nSPS) is 16.0. The fourth-order valence-corrected chi connectivity index (χ4v) is 5.09. The number of benzene rings is 1. The number of aryl methyl sites for hydroxylation is 1. The highest BCUT2D eigenvalue weighted by molar-refractivity contribution is 7.80. The number of amides is 1. The van der Waals surface area contributed by atoms with Crippen LogP contribution < -0.4 is 10.6 Å². The Balaban J connectivity index is 1.73. The fraction of sp³-hybridized carbons (Fsp3) is 0.409. The summed E-state index contributed by atoms with van der Waals surface area (Å²) in [5.74, 6) is 0.344. The first-order valence-corrected chi connectivity index (χ1v) is 10.6. The Morgan fingerprint density at radius 2 is 1.96 bits per heavy atom. The molecule has 1 atom stereocenters. The van der Waals surface area contributed by atoms with E-state index in [1.54, 1.807) is 23.5 Å². The number of carbonyl (C=O) groups excluding carboxylic acids is 1. The molecule has 146 valence electrons. The molecule has 1 aliphatic rings. The molecule has 0 radical (unpaired) electrons. The van der Waals surface area contributed by atoms with Crippen LogP contribution in [0.2, 0.25) is 0 Å². The van der Waals surface area contributed by atoms with Crippen LogP contribution in [0, 0.1) is 29.6 Å². The smallest absolute Gasteiger partial charge is 0.257 e. The molecule has 0 saturated heterocycles. The van der Waals surface area contributed by atoms with Crippen molar-refractivity contribution < 1.29 is 4.79 Å². The number of nitrogens with zero attached hydrogens (tertiary/aromatic N) is 1. The number of fused-ring (bicyclic) bond motifs is 1. The van der Waals surface area contributed by atoms with Gasteiger partial charge in [-0.3, -0.25) is 10.1 Å². The second-order valence-electron chi connectivity index (χ2n) is 8.40. The number of nitriles is 1. The largest absolute Gasteiger partial charge is 0.323 e. The lowest BCUT2D eigenvalue weighted by Gasteiger charge is -2.33. The molecule has 1 aromatic carbocycles. The van der Waals surface area contributed by atoms with Crippen molar-refractivity contribution in [1.82, 2.24) is 5.32 Å². The zero-order valence-corrected chi connectivity index (χ0v) is 18.3. The molecule has 28 heavy (non-hydrogen) atoms. The van der Waals surface area contributed by atoms with E-state index in [0.29, 0.717) is 17.0 Å². The van der Waals surface area contributed by atoms with Gasteiger partial charge in [0.25, 0.3) is 5.91 Å². The summed E-state index contributed by atoms with van der Waals surface area (Å²) in [4.78, 5) is 13.6. The van der Waals surface area contributed by atoms with Crippen molar-refractivity contribution in [3.63, 3.8) is 0 Å². The number of carbonyl (C=O) groups is 1. The average Bonchev–Trinajstić information content (AvgIpc) is 2.97. The number of rotatable bonds is 2. The molecule has 0 unspecified atom stereocenters. The first-order chi connectivity index (χ1) is 13.2. The molecule has 1 aromatic heterocycles. The summed E-state index contributed by atoms with van der Waals surface area (Å²) in [5.41, 5.74) is 3.70. The van der Waals surface area contributed by atoms with Gasteiger partial charge in [-0.2, -0.15) is 5.26 Å². The zero-order chi connectivity index (χ0) is 20.5. The van der Waals surface area contributed by atoms with Gasteiger partial charge in [0, 0.05) is 10.4 Å². The standard InChI is InChI=1S/C22H25N3OS2/c1-13-5-7-14(8-6-13)19(26)24-21(27)25-20-17(12-23)16-10-9-15(22(2,3)4)11-18(16)28-20/h5-8,15H,9-11H2,1-4H3,(H2,24,25,26,27)/t15-/m1/s1. The Kier molecular flexibility index (Phi) is 5.87. The predicted molar refractivity (Wildman–Crippen MR) is 119 cm³/mol. The van der Waals surface area contributed by atoms with Crippen LogP contribution in [0.1, 0.15) is 59.1 Å². The molecule has 3 rings (SSSR count). The maximum Gasteiger partial charge on any atom is 0.257 e. The molecule has 0 saturated carbocycles. The van der Waals surface area contributed by atoms with Gasteiger partial charge < -0.3 is 5.32 Å². The maximum atomic E-state index is 12.4. The minimum Gasteiger partial charge on any atom is -0.323 e. The predicted octanol–water partition coefficient (Wildman–Crippen LogP) is 5.21. The highest BCUT2D eigenvalue weighted by Gasteiger charge is 2.32. The molecule has 6 heteroatoms. The van der Waals surface area contributed by atoms with Gasteiger partial charge in [0.15, 0.2) is 5.11 Å². The first-order valence-electron chi connectivity index (χ1n) is 9.42. The Morgan fingerprint density at radius 3 is 2.57 bits per heavy atom. The molecule has 0 fully saturated rings. The first kappa shape index (κ1) is 20.5. The van der Waals surface area contributed by atoms with Crippen molar-refractivity contribution in [1.29, 1.82) is 5.26 Å². The van der Waals surface area contributed by atoms with Crippen molar-refractivity contribution in [2.75, 3.05) is 5.32 Å². The summed E-state index contributed by atoms with van der Waals surface area (Å²) in [6.07, 6.45) is 3.00. The van der Waals surface area contributed by atoms with Crippen LogP contribution in [0.4, 0.5) is 5.00 Å². The number of thiophene rings is 1. The average molecular weight is 412 g/mol. The Labute approximate surface area is 176 Å². The van der Waals surface area contributed by atoms with Crippen LogP contribution in [-0.2, 0) is 12.8 Å². The molecule has 0 bridgehead atoms. The van der Waals surface area contributed by atoms with E-state index in [-0.39, 0.29) is 16.4 Å². The molecule has 2 N–H and O–H groups in total. The summed E-state index contributed by atoms with van der Waals surface area (Å²) in [6, 6.07) is 9.64.